The van der Waals surface area contributed by atoms with E-state index < -0.39 is 17.5 Å². The van der Waals surface area contributed by atoms with E-state index in [0.717, 1.165) is 11.1 Å². The third kappa shape index (κ3) is 2.99. The molecule has 2 aromatic heterocycles. The van der Waals surface area contributed by atoms with Crippen molar-refractivity contribution < 1.29 is 17.9 Å². The first-order valence-electron chi connectivity index (χ1n) is 8.73. The number of pyridine rings is 1. The lowest BCUT2D eigenvalue weighted by molar-refractivity contribution is -0.139. The fourth-order valence-corrected chi connectivity index (χ4v) is 3.85. The molecule has 1 aliphatic heterocycles. The Balaban J connectivity index is 1.93. The van der Waals surface area contributed by atoms with E-state index in [1.165, 1.54) is 6.20 Å². The molecule has 146 valence electrons. The molecule has 1 aromatic carbocycles. The predicted molar refractivity (Wildman–Crippen MR) is 103 cm³/mol. The van der Waals surface area contributed by atoms with Gasteiger partial charge in [-0.05, 0) is 54.4 Å². The summed E-state index contributed by atoms with van der Waals surface area (Å²) in [5.74, 6) is 0. The van der Waals surface area contributed by atoms with Gasteiger partial charge < -0.3 is 10.1 Å². The largest absolute Gasteiger partial charge is 0.458 e. The third-order valence-electron chi connectivity index (χ3n) is 5.03. The Bertz CT molecular complexity index is 1080. The van der Waals surface area contributed by atoms with Crippen LogP contribution in [0.5, 0.6) is 0 Å². The van der Waals surface area contributed by atoms with Gasteiger partial charge in [-0.15, -0.1) is 0 Å². The van der Waals surface area contributed by atoms with Gasteiger partial charge in [0.05, 0.1) is 11.9 Å². The number of nitrogens with one attached hydrogen (secondary N) is 2. The average Bonchev–Trinajstić information content (AvgIpc) is 3.25. The van der Waals surface area contributed by atoms with Crippen molar-refractivity contribution in [2.24, 2.45) is 0 Å². The summed E-state index contributed by atoms with van der Waals surface area (Å²) < 4.78 is 46.3. The first-order valence-corrected chi connectivity index (χ1v) is 9.14. The Hall–Kier alpha value is -2.68. The Morgan fingerprint density at radius 1 is 1.29 bits per heavy atom. The van der Waals surface area contributed by atoms with Crippen molar-refractivity contribution in [3.63, 3.8) is 0 Å². The molecular formula is C19H17F3N4OS. The minimum Gasteiger partial charge on any atom is -0.458 e. The number of alkyl halides is 3. The molecule has 1 fully saturated rings. The fourth-order valence-electron chi connectivity index (χ4n) is 3.62. The zero-order valence-electron chi connectivity index (χ0n) is 15.1. The van der Waals surface area contributed by atoms with E-state index >= 15 is 0 Å². The highest BCUT2D eigenvalue weighted by atomic mass is 32.1. The lowest BCUT2D eigenvalue weighted by Crippen LogP contribution is -2.29. The van der Waals surface area contributed by atoms with Crippen LogP contribution in [-0.2, 0) is 16.5 Å². The van der Waals surface area contributed by atoms with Gasteiger partial charge in [0.25, 0.3) is 5.17 Å². The van der Waals surface area contributed by atoms with E-state index in [2.05, 4.69) is 20.5 Å². The summed E-state index contributed by atoms with van der Waals surface area (Å²) >= 11 is 5.12. The second kappa shape index (κ2) is 6.44. The molecule has 1 aliphatic rings. The number of aromatic nitrogens is 3. The van der Waals surface area contributed by atoms with Crippen molar-refractivity contribution in [3.05, 3.63) is 47.3 Å². The topological polar surface area (TPSA) is 62.8 Å². The van der Waals surface area contributed by atoms with Gasteiger partial charge in [-0.25, -0.2) is 4.98 Å². The Morgan fingerprint density at radius 3 is 2.71 bits per heavy atom. The maximum absolute atomic E-state index is 13.5. The number of thiocarbonyl (C=S) groups is 1. The molecule has 1 atom stereocenters. The highest BCUT2D eigenvalue weighted by Crippen LogP contribution is 2.40. The lowest BCUT2D eigenvalue weighted by atomic mass is 9.87. The van der Waals surface area contributed by atoms with Crippen LogP contribution in [-0.4, -0.2) is 26.9 Å². The predicted octanol–water partition coefficient (Wildman–Crippen LogP) is 4.46. The number of hydrogen-bond donors (Lipinski definition) is 2. The fraction of sp³-hybridized carbons (Fsp3) is 0.316. The summed E-state index contributed by atoms with van der Waals surface area (Å²) in [6.45, 7) is 4.39. The normalized spacial score (nSPS) is 19.7. The molecule has 5 nitrogen and oxygen atoms in total. The average molecular weight is 406 g/mol. The number of nitrogens with zero attached hydrogens (tertiary/aromatic N) is 2. The molecule has 3 heterocycles. The number of fused-ring (bicyclic) bond motifs is 1. The van der Waals surface area contributed by atoms with Crippen LogP contribution in [0.4, 0.5) is 13.2 Å². The van der Waals surface area contributed by atoms with E-state index in [4.69, 9.17) is 17.0 Å². The van der Waals surface area contributed by atoms with E-state index in [1.807, 2.05) is 32.0 Å². The van der Waals surface area contributed by atoms with Crippen molar-refractivity contribution in [3.8, 4) is 11.1 Å². The third-order valence-corrected chi connectivity index (χ3v) is 5.26. The van der Waals surface area contributed by atoms with E-state index in [1.54, 1.807) is 6.07 Å². The molecule has 0 bridgehead atoms. The van der Waals surface area contributed by atoms with Crippen LogP contribution in [0.1, 0.15) is 30.2 Å². The number of aromatic amines is 1. The van der Waals surface area contributed by atoms with Crippen molar-refractivity contribution in [2.45, 2.75) is 32.0 Å². The SMILES string of the molecule is CCC1(c2cc(C)cc(-c3ccnc4n[nH]c(C(F)(F)F)c34)c2)CNC(=S)O1. The van der Waals surface area contributed by atoms with E-state index in [0.29, 0.717) is 29.3 Å². The highest BCUT2D eigenvalue weighted by molar-refractivity contribution is 7.80. The molecule has 1 unspecified atom stereocenters. The van der Waals surface area contributed by atoms with Crippen LogP contribution < -0.4 is 5.32 Å². The summed E-state index contributed by atoms with van der Waals surface area (Å²) in [6.07, 6.45) is -2.44. The van der Waals surface area contributed by atoms with Crippen molar-refractivity contribution in [2.75, 3.05) is 6.54 Å². The summed E-state index contributed by atoms with van der Waals surface area (Å²) in [6, 6.07) is 7.24. The van der Waals surface area contributed by atoms with Crippen molar-refractivity contribution in [1.82, 2.24) is 20.5 Å². The number of aryl methyl sites for hydroxylation is 1. The monoisotopic (exact) mass is 406 g/mol. The molecule has 1 saturated heterocycles. The zero-order valence-corrected chi connectivity index (χ0v) is 16.0. The summed E-state index contributed by atoms with van der Waals surface area (Å²) in [4.78, 5) is 3.97. The number of rotatable bonds is 3. The summed E-state index contributed by atoms with van der Waals surface area (Å²) in [5, 5.41) is 9.12. The highest BCUT2D eigenvalue weighted by Gasteiger charge is 2.40. The number of benzene rings is 1. The molecule has 0 amide bonds. The maximum atomic E-state index is 13.5. The first kappa shape index (κ1) is 18.7. The molecule has 0 radical (unpaired) electrons. The number of H-pyrrole nitrogens is 1. The molecule has 28 heavy (non-hydrogen) atoms. The summed E-state index contributed by atoms with van der Waals surface area (Å²) in [7, 11) is 0. The molecule has 9 heteroatoms. The quantitative estimate of drug-likeness (QED) is 0.629. The van der Waals surface area contributed by atoms with Crippen LogP contribution >= 0.6 is 12.2 Å². The smallest absolute Gasteiger partial charge is 0.433 e. The molecule has 2 N–H and O–H groups in total. The summed E-state index contributed by atoms with van der Waals surface area (Å²) in [5.41, 5.74) is 1.30. The Morgan fingerprint density at radius 2 is 2.07 bits per heavy atom. The van der Waals surface area contributed by atoms with E-state index in [-0.39, 0.29) is 11.0 Å². The van der Waals surface area contributed by atoms with Gasteiger partial charge in [0, 0.05) is 6.20 Å². The second-order valence-electron chi connectivity index (χ2n) is 6.83. The Kier molecular flexibility index (Phi) is 4.29. The van der Waals surface area contributed by atoms with Gasteiger partial charge in [0.2, 0.25) is 0 Å². The van der Waals surface area contributed by atoms with Crippen LogP contribution in [0.2, 0.25) is 0 Å². The molecule has 3 aromatic rings. The number of halogens is 3. The Labute approximate surface area is 164 Å². The molecule has 0 saturated carbocycles. The zero-order chi connectivity index (χ0) is 20.1. The number of hydrogen-bond acceptors (Lipinski definition) is 4. The van der Waals surface area contributed by atoms with Gasteiger partial charge in [-0.3, -0.25) is 5.10 Å². The minimum atomic E-state index is -4.56. The molecule has 0 aliphatic carbocycles. The number of ether oxygens (including phenoxy) is 1. The molecular weight excluding hydrogens is 389 g/mol. The molecule has 4 rings (SSSR count). The van der Waals surface area contributed by atoms with Gasteiger partial charge in [-0.2, -0.15) is 18.3 Å². The van der Waals surface area contributed by atoms with Crippen LogP contribution in [0.15, 0.2) is 30.5 Å². The van der Waals surface area contributed by atoms with Gasteiger partial charge in [0.1, 0.15) is 5.69 Å². The van der Waals surface area contributed by atoms with Crippen LogP contribution in [0, 0.1) is 6.92 Å². The minimum absolute atomic E-state index is 0.0260. The lowest BCUT2D eigenvalue weighted by Gasteiger charge is -2.27. The molecule has 0 spiro atoms. The maximum Gasteiger partial charge on any atom is 0.433 e. The van der Waals surface area contributed by atoms with Gasteiger partial charge in [0.15, 0.2) is 11.2 Å². The van der Waals surface area contributed by atoms with Gasteiger partial charge >= 0.3 is 6.18 Å². The second-order valence-corrected chi connectivity index (χ2v) is 7.20. The van der Waals surface area contributed by atoms with Gasteiger partial charge in [-0.1, -0.05) is 24.6 Å². The van der Waals surface area contributed by atoms with Crippen LogP contribution in [0.3, 0.4) is 0 Å². The van der Waals surface area contributed by atoms with Crippen molar-refractivity contribution in [1.29, 1.82) is 0 Å². The van der Waals surface area contributed by atoms with Crippen LogP contribution in [0.25, 0.3) is 22.2 Å². The first-order chi connectivity index (χ1) is 13.2. The van der Waals surface area contributed by atoms with E-state index in [9.17, 15) is 13.2 Å². The van der Waals surface area contributed by atoms with Crippen molar-refractivity contribution >= 4 is 28.4 Å². The standard InChI is InChI=1S/C19H17F3N4OS/c1-3-18(9-24-17(28)27-18)12-7-10(2)6-11(8-12)13-4-5-23-16-14(13)15(25-26-16)19(20,21)22/h4-8H,3,9H2,1-2H3,(H,24,28)(H,23,25,26).